The van der Waals surface area contributed by atoms with Crippen molar-refractivity contribution in [3.05, 3.63) is 24.2 Å². The van der Waals surface area contributed by atoms with Crippen molar-refractivity contribution < 1.29 is 4.42 Å². The summed E-state index contributed by atoms with van der Waals surface area (Å²) in [6, 6.07) is 5.65. The molecule has 3 rings (SSSR count). The highest BCUT2D eigenvalue weighted by Gasteiger charge is 2.35. The van der Waals surface area contributed by atoms with Crippen LogP contribution in [0.3, 0.4) is 0 Å². The van der Waals surface area contributed by atoms with Crippen LogP contribution in [0.4, 0.5) is 0 Å². The SMILES string of the molecule is CCC1CN2CCCC2CN1CCc1ccco1. The fourth-order valence-electron chi connectivity index (χ4n) is 3.52. The second-order valence-corrected chi connectivity index (χ2v) is 5.68. The van der Waals surface area contributed by atoms with Crippen LogP contribution in [0.2, 0.25) is 0 Å². The molecule has 18 heavy (non-hydrogen) atoms. The van der Waals surface area contributed by atoms with Gasteiger partial charge in [0.05, 0.1) is 6.26 Å². The minimum absolute atomic E-state index is 0.745. The van der Waals surface area contributed by atoms with Gasteiger partial charge in [-0.1, -0.05) is 6.92 Å². The molecule has 0 aromatic carbocycles. The Morgan fingerprint density at radius 3 is 3.11 bits per heavy atom. The van der Waals surface area contributed by atoms with Crippen LogP contribution in [0.15, 0.2) is 22.8 Å². The van der Waals surface area contributed by atoms with E-state index in [0.29, 0.717) is 0 Å². The topological polar surface area (TPSA) is 19.6 Å². The number of hydrogen-bond acceptors (Lipinski definition) is 3. The van der Waals surface area contributed by atoms with Gasteiger partial charge in [-0.15, -0.1) is 0 Å². The molecule has 0 bridgehead atoms. The van der Waals surface area contributed by atoms with E-state index in [1.54, 1.807) is 6.26 Å². The zero-order valence-corrected chi connectivity index (χ0v) is 11.3. The van der Waals surface area contributed by atoms with Crippen molar-refractivity contribution in [3.8, 4) is 0 Å². The third-order valence-electron chi connectivity index (χ3n) is 4.60. The summed E-state index contributed by atoms with van der Waals surface area (Å²) in [5.41, 5.74) is 0. The zero-order valence-electron chi connectivity index (χ0n) is 11.3. The Kier molecular flexibility index (Phi) is 3.71. The first-order valence-electron chi connectivity index (χ1n) is 7.37. The maximum atomic E-state index is 5.44. The lowest BCUT2D eigenvalue weighted by atomic mass is 10.0. The van der Waals surface area contributed by atoms with Gasteiger partial charge in [-0.2, -0.15) is 0 Å². The quantitative estimate of drug-likeness (QED) is 0.815. The smallest absolute Gasteiger partial charge is 0.105 e. The molecule has 3 nitrogen and oxygen atoms in total. The van der Waals surface area contributed by atoms with Crippen LogP contribution in [0.25, 0.3) is 0 Å². The average Bonchev–Trinajstić information content (AvgIpc) is 3.05. The van der Waals surface area contributed by atoms with Crippen molar-refractivity contribution in [2.45, 2.75) is 44.7 Å². The molecule has 3 heterocycles. The van der Waals surface area contributed by atoms with Crippen molar-refractivity contribution in [1.29, 1.82) is 0 Å². The average molecular weight is 248 g/mol. The number of rotatable bonds is 4. The maximum absolute atomic E-state index is 5.44. The van der Waals surface area contributed by atoms with Gasteiger partial charge in [0.25, 0.3) is 0 Å². The van der Waals surface area contributed by atoms with Gasteiger partial charge >= 0.3 is 0 Å². The molecule has 0 aliphatic carbocycles. The Morgan fingerprint density at radius 1 is 1.39 bits per heavy atom. The summed E-state index contributed by atoms with van der Waals surface area (Å²) < 4.78 is 5.44. The van der Waals surface area contributed by atoms with Crippen molar-refractivity contribution >= 4 is 0 Å². The predicted molar refractivity (Wildman–Crippen MR) is 72.7 cm³/mol. The first-order valence-corrected chi connectivity index (χ1v) is 7.37. The molecule has 2 aliphatic heterocycles. The van der Waals surface area contributed by atoms with Crippen molar-refractivity contribution in [1.82, 2.24) is 9.80 Å². The molecule has 2 unspecified atom stereocenters. The normalized spacial score (nSPS) is 29.6. The molecule has 2 aliphatic rings. The second-order valence-electron chi connectivity index (χ2n) is 5.68. The van der Waals surface area contributed by atoms with E-state index in [1.165, 1.54) is 38.9 Å². The third kappa shape index (κ3) is 2.47. The summed E-state index contributed by atoms with van der Waals surface area (Å²) in [7, 11) is 0. The van der Waals surface area contributed by atoms with Crippen LogP contribution < -0.4 is 0 Å². The van der Waals surface area contributed by atoms with E-state index >= 15 is 0 Å². The molecule has 0 saturated carbocycles. The Bertz CT molecular complexity index is 363. The number of furan rings is 1. The molecule has 1 aromatic rings. The zero-order chi connectivity index (χ0) is 12.4. The summed E-state index contributed by atoms with van der Waals surface area (Å²) in [4.78, 5) is 5.40. The highest BCUT2D eigenvalue weighted by molar-refractivity contribution is 5.00. The largest absolute Gasteiger partial charge is 0.469 e. The van der Waals surface area contributed by atoms with Gasteiger partial charge in [-0.3, -0.25) is 9.80 Å². The lowest BCUT2D eigenvalue weighted by molar-refractivity contribution is 0.0492. The predicted octanol–water partition coefficient (Wildman–Crippen LogP) is 2.38. The molecule has 0 spiro atoms. The van der Waals surface area contributed by atoms with Gasteiger partial charge in [-0.25, -0.2) is 0 Å². The molecule has 2 saturated heterocycles. The summed E-state index contributed by atoms with van der Waals surface area (Å²) in [5.74, 6) is 1.12. The van der Waals surface area contributed by atoms with E-state index in [-0.39, 0.29) is 0 Å². The van der Waals surface area contributed by atoms with Crippen molar-refractivity contribution in [3.63, 3.8) is 0 Å². The minimum atomic E-state index is 0.745. The molecule has 0 radical (unpaired) electrons. The molecular formula is C15H24N2O. The highest BCUT2D eigenvalue weighted by atomic mass is 16.3. The summed E-state index contributed by atoms with van der Waals surface area (Å²) in [5, 5.41) is 0. The van der Waals surface area contributed by atoms with Crippen LogP contribution >= 0.6 is 0 Å². The molecule has 100 valence electrons. The lowest BCUT2D eigenvalue weighted by Crippen LogP contribution is -2.56. The van der Waals surface area contributed by atoms with Crippen LogP contribution in [0, 0.1) is 0 Å². The van der Waals surface area contributed by atoms with E-state index in [9.17, 15) is 0 Å². The molecule has 0 N–H and O–H groups in total. The van der Waals surface area contributed by atoms with Crippen LogP contribution in [0.5, 0.6) is 0 Å². The third-order valence-corrected chi connectivity index (χ3v) is 4.60. The lowest BCUT2D eigenvalue weighted by Gasteiger charge is -2.43. The summed E-state index contributed by atoms with van der Waals surface area (Å²) >= 11 is 0. The van der Waals surface area contributed by atoms with Crippen LogP contribution in [-0.2, 0) is 6.42 Å². The van der Waals surface area contributed by atoms with Crippen molar-refractivity contribution in [2.24, 2.45) is 0 Å². The highest BCUT2D eigenvalue weighted by Crippen LogP contribution is 2.25. The molecule has 2 atom stereocenters. The Balaban J connectivity index is 1.59. The fourth-order valence-corrected chi connectivity index (χ4v) is 3.52. The van der Waals surface area contributed by atoms with Gasteiger partial charge < -0.3 is 4.42 Å². The van der Waals surface area contributed by atoms with E-state index in [2.05, 4.69) is 22.8 Å². The molecule has 0 amide bonds. The monoisotopic (exact) mass is 248 g/mol. The molecule has 2 fully saturated rings. The van der Waals surface area contributed by atoms with E-state index in [4.69, 9.17) is 4.42 Å². The number of hydrogen-bond donors (Lipinski definition) is 0. The molecule has 3 heteroatoms. The number of piperazine rings is 1. The van der Waals surface area contributed by atoms with Crippen molar-refractivity contribution in [2.75, 3.05) is 26.2 Å². The summed E-state index contributed by atoms with van der Waals surface area (Å²) in [6.07, 6.45) is 6.89. The van der Waals surface area contributed by atoms with E-state index in [1.807, 2.05) is 6.07 Å². The first-order chi connectivity index (χ1) is 8.86. The Labute approximate surface area is 110 Å². The Morgan fingerprint density at radius 2 is 2.33 bits per heavy atom. The van der Waals surface area contributed by atoms with Crippen LogP contribution in [0.1, 0.15) is 31.9 Å². The summed E-state index contributed by atoms with van der Waals surface area (Å²) in [6.45, 7) is 7.34. The minimum Gasteiger partial charge on any atom is -0.469 e. The first kappa shape index (κ1) is 12.2. The van der Waals surface area contributed by atoms with Gasteiger partial charge in [-0.05, 0) is 37.9 Å². The van der Waals surface area contributed by atoms with Gasteiger partial charge in [0.15, 0.2) is 0 Å². The Hall–Kier alpha value is -0.800. The second kappa shape index (κ2) is 5.45. The number of fused-ring (bicyclic) bond motifs is 1. The van der Waals surface area contributed by atoms with Gasteiger partial charge in [0.1, 0.15) is 5.76 Å². The van der Waals surface area contributed by atoms with Crippen LogP contribution in [-0.4, -0.2) is 48.1 Å². The molecular weight excluding hydrogens is 224 g/mol. The van der Waals surface area contributed by atoms with E-state index in [0.717, 1.165) is 30.8 Å². The fraction of sp³-hybridized carbons (Fsp3) is 0.733. The molecule has 1 aromatic heterocycles. The maximum Gasteiger partial charge on any atom is 0.105 e. The standard InChI is InChI=1S/C15H24N2O/c1-2-13-11-16-8-3-5-14(16)12-17(13)9-7-15-6-4-10-18-15/h4,6,10,13-14H,2-3,5,7-9,11-12H2,1H3. The number of nitrogens with zero attached hydrogens (tertiary/aromatic N) is 2. The van der Waals surface area contributed by atoms with Gasteiger partial charge in [0.2, 0.25) is 0 Å². The van der Waals surface area contributed by atoms with E-state index < -0.39 is 0 Å². The van der Waals surface area contributed by atoms with Gasteiger partial charge in [0, 0.05) is 38.1 Å².